The van der Waals surface area contributed by atoms with Crippen LogP contribution in [0.15, 0.2) is 24.5 Å². The van der Waals surface area contributed by atoms with Gasteiger partial charge in [-0.3, -0.25) is 4.57 Å². The topological polar surface area (TPSA) is 55.1 Å². The maximum atomic E-state index is 11.1. The molecule has 1 aromatic carbocycles. The molecule has 0 saturated carbocycles. The van der Waals surface area contributed by atoms with Crippen molar-refractivity contribution in [1.82, 2.24) is 9.55 Å². The molecule has 0 amide bonds. The van der Waals surface area contributed by atoms with Crippen LogP contribution < -0.4 is 0 Å². The van der Waals surface area contributed by atoms with Crippen LogP contribution in [0.4, 0.5) is 0 Å². The maximum Gasteiger partial charge on any atom is 0.354 e. The summed E-state index contributed by atoms with van der Waals surface area (Å²) in [4.78, 5) is 15.1. The Balaban J connectivity index is 2.60. The molecule has 0 aliphatic heterocycles. The Morgan fingerprint density at radius 2 is 2.06 bits per heavy atom. The molecular formula is C11H8Cl2N2O2. The Morgan fingerprint density at radius 1 is 1.35 bits per heavy atom. The van der Waals surface area contributed by atoms with E-state index in [-0.39, 0.29) is 5.69 Å². The number of rotatable bonds is 2. The highest BCUT2D eigenvalue weighted by molar-refractivity contribution is 6.42. The number of hydrogen-bond donors (Lipinski definition) is 1. The highest BCUT2D eigenvalue weighted by atomic mass is 35.5. The molecule has 1 N–H and O–H groups in total. The number of carboxylic acid groups (broad SMARTS) is 1. The molecule has 0 unspecified atom stereocenters. The fourth-order valence-corrected chi connectivity index (χ4v) is 1.82. The Kier molecular flexibility index (Phi) is 3.09. The van der Waals surface area contributed by atoms with E-state index < -0.39 is 5.97 Å². The van der Waals surface area contributed by atoms with E-state index in [0.717, 1.165) is 0 Å². The minimum Gasteiger partial charge on any atom is -0.477 e. The van der Waals surface area contributed by atoms with Gasteiger partial charge in [0.25, 0.3) is 0 Å². The number of carbonyl (C=O) groups is 1. The summed E-state index contributed by atoms with van der Waals surface area (Å²) in [6.07, 6.45) is 1.44. The zero-order valence-corrected chi connectivity index (χ0v) is 10.3. The summed E-state index contributed by atoms with van der Waals surface area (Å²) in [6.45, 7) is 1.64. The molecule has 1 heterocycles. The minimum atomic E-state index is -1.04. The van der Waals surface area contributed by atoms with Crippen molar-refractivity contribution in [2.45, 2.75) is 6.92 Å². The van der Waals surface area contributed by atoms with Gasteiger partial charge in [-0.2, -0.15) is 0 Å². The van der Waals surface area contributed by atoms with Crippen molar-refractivity contribution in [1.29, 1.82) is 0 Å². The second kappa shape index (κ2) is 4.39. The average Bonchev–Trinajstić information content (AvgIpc) is 2.64. The van der Waals surface area contributed by atoms with Gasteiger partial charge in [-0.1, -0.05) is 23.2 Å². The van der Waals surface area contributed by atoms with Crippen LogP contribution in [0.25, 0.3) is 5.69 Å². The van der Waals surface area contributed by atoms with Crippen LogP contribution in [0.2, 0.25) is 10.0 Å². The molecule has 0 spiro atoms. The minimum absolute atomic E-state index is 0.114. The van der Waals surface area contributed by atoms with Crippen molar-refractivity contribution < 1.29 is 9.90 Å². The summed E-state index contributed by atoms with van der Waals surface area (Å²) in [5.74, 6) is -1.04. The van der Waals surface area contributed by atoms with E-state index in [2.05, 4.69) is 4.98 Å². The van der Waals surface area contributed by atoms with E-state index in [9.17, 15) is 4.79 Å². The first kappa shape index (κ1) is 12.0. The summed E-state index contributed by atoms with van der Waals surface area (Å²) in [5.41, 5.74) is 1.17. The number of nitrogens with zero attached hydrogens (tertiary/aromatic N) is 2. The quantitative estimate of drug-likeness (QED) is 0.912. The van der Waals surface area contributed by atoms with Crippen molar-refractivity contribution >= 4 is 29.2 Å². The first-order chi connectivity index (χ1) is 8.00. The third-order valence-corrected chi connectivity index (χ3v) is 3.07. The maximum absolute atomic E-state index is 11.1. The molecule has 2 aromatic rings. The van der Waals surface area contributed by atoms with Crippen molar-refractivity contribution in [3.8, 4) is 5.69 Å². The lowest BCUT2D eigenvalue weighted by atomic mass is 10.3. The number of benzene rings is 1. The Labute approximate surface area is 107 Å². The lowest BCUT2D eigenvalue weighted by Crippen LogP contribution is -2.07. The highest BCUT2D eigenvalue weighted by Crippen LogP contribution is 2.25. The number of imidazole rings is 1. The Morgan fingerprint density at radius 3 is 2.65 bits per heavy atom. The average molecular weight is 271 g/mol. The molecule has 0 radical (unpaired) electrons. The van der Waals surface area contributed by atoms with Crippen molar-refractivity contribution in [2.24, 2.45) is 0 Å². The number of aryl methyl sites for hydroxylation is 1. The van der Waals surface area contributed by atoms with E-state index in [1.165, 1.54) is 10.9 Å². The van der Waals surface area contributed by atoms with E-state index in [1.54, 1.807) is 25.1 Å². The SMILES string of the molecule is Cc1ncn(-c2ccc(Cl)c(Cl)c2)c1C(=O)O. The standard InChI is InChI=1S/C11H8Cl2N2O2/c1-6-10(11(16)17)15(5-14-6)7-2-3-8(12)9(13)4-7/h2-5H,1H3,(H,16,17). The smallest absolute Gasteiger partial charge is 0.354 e. The first-order valence-electron chi connectivity index (χ1n) is 4.73. The van der Waals surface area contributed by atoms with Crippen molar-refractivity contribution in [3.05, 3.63) is 46.0 Å². The van der Waals surface area contributed by atoms with Crippen LogP contribution >= 0.6 is 23.2 Å². The van der Waals surface area contributed by atoms with Crippen molar-refractivity contribution in [2.75, 3.05) is 0 Å². The Bertz CT molecular complexity index is 593. The van der Waals surface area contributed by atoms with Crippen LogP contribution in [-0.4, -0.2) is 20.6 Å². The summed E-state index contributed by atoms with van der Waals surface area (Å²) in [5, 5.41) is 9.89. The molecule has 0 fully saturated rings. The zero-order chi connectivity index (χ0) is 12.6. The highest BCUT2D eigenvalue weighted by Gasteiger charge is 2.16. The van der Waals surface area contributed by atoms with Gasteiger partial charge in [0.05, 0.1) is 15.7 Å². The van der Waals surface area contributed by atoms with E-state index in [1.807, 2.05) is 0 Å². The second-order valence-corrected chi connectivity index (χ2v) is 4.27. The van der Waals surface area contributed by atoms with Crippen LogP contribution in [0, 0.1) is 6.92 Å². The fraction of sp³-hybridized carbons (Fsp3) is 0.0909. The zero-order valence-electron chi connectivity index (χ0n) is 8.82. The number of aromatic nitrogens is 2. The van der Waals surface area contributed by atoms with Crippen LogP contribution in [0.5, 0.6) is 0 Å². The molecule has 88 valence electrons. The third kappa shape index (κ3) is 2.14. The molecule has 17 heavy (non-hydrogen) atoms. The first-order valence-corrected chi connectivity index (χ1v) is 5.49. The molecule has 0 saturated heterocycles. The largest absolute Gasteiger partial charge is 0.477 e. The molecule has 0 bridgehead atoms. The van der Waals surface area contributed by atoms with Gasteiger partial charge in [-0.05, 0) is 25.1 Å². The van der Waals surface area contributed by atoms with E-state index in [0.29, 0.717) is 21.4 Å². The van der Waals surface area contributed by atoms with Gasteiger partial charge in [-0.15, -0.1) is 0 Å². The summed E-state index contributed by atoms with van der Waals surface area (Å²) >= 11 is 11.7. The van der Waals surface area contributed by atoms with Gasteiger partial charge in [0, 0.05) is 5.69 Å². The number of carboxylic acids is 1. The number of aromatic carboxylic acids is 1. The van der Waals surface area contributed by atoms with Gasteiger partial charge in [-0.25, -0.2) is 9.78 Å². The lowest BCUT2D eigenvalue weighted by Gasteiger charge is -2.06. The molecule has 0 aliphatic carbocycles. The van der Waals surface area contributed by atoms with Gasteiger partial charge >= 0.3 is 5.97 Å². The lowest BCUT2D eigenvalue weighted by molar-refractivity contribution is 0.0687. The predicted octanol–water partition coefficient (Wildman–Crippen LogP) is 3.19. The molecule has 1 aromatic heterocycles. The van der Waals surface area contributed by atoms with E-state index >= 15 is 0 Å². The molecule has 0 atom stereocenters. The van der Waals surface area contributed by atoms with Crippen LogP contribution in [0.1, 0.15) is 16.2 Å². The van der Waals surface area contributed by atoms with Gasteiger partial charge < -0.3 is 5.11 Å². The van der Waals surface area contributed by atoms with Gasteiger partial charge in [0.2, 0.25) is 0 Å². The van der Waals surface area contributed by atoms with E-state index in [4.69, 9.17) is 28.3 Å². The van der Waals surface area contributed by atoms with Crippen LogP contribution in [0.3, 0.4) is 0 Å². The molecule has 2 rings (SSSR count). The fourth-order valence-electron chi connectivity index (χ4n) is 1.53. The third-order valence-electron chi connectivity index (χ3n) is 2.33. The Hall–Kier alpha value is -1.52. The number of halogens is 2. The molecule has 4 nitrogen and oxygen atoms in total. The monoisotopic (exact) mass is 270 g/mol. The molecule has 0 aliphatic rings. The van der Waals surface area contributed by atoms with Crippen LogP contribution in [-0.2, 0) is 0 Å². The summed E-state index contributed by atoms with van der Waals surface area (Å²) in [7, 11) is 0. The molecular weight excluding hydrogens is 263 g/mol. The summed E-state index contributed by atoms with van der Waals surface area (Å²) < 4.78 is 1.46. The second-order valence-electron chi connectivity index (χ2n) is 3.45. The van der Waals surface area contributed by atoms with Crippen molar-refractivity contribution in [3.63, 3.8) is 0 Å². The summed E-state index contributed by atoms with van der Waals surface area (Å²) in [6, 6.07) is 4.89. The van der Waals surface area contributed by atoms with Gasteiger partial charge in [0.15, 0.2) is 5.69 Å². The predicted molar refractivity (Wildman–Crippen MR) is 65.3 cm³/mol. The van der Waals surface area contributed by atoms with Gasteiger partial charge in [0.1, 0.15) is 6.33 Å². The molecule has 6 heteroatoms. The number of hydrogen-bond acceptors (Lipinski definition) is 2. The normalized spacial score (nSPS) is 10.5.